The van der Waals surface area contributed by atoms with Gasteiger partial charge in [-0.25, -0.2) is 13.8 Å². The number of nitrogens with one attached hydrogen (secondary N) is 3. The molecule has 2 amide bonds. The molecule has 3 rings (SSSR count). The van der Waals surface area contributed by atoms with Crippen LogP contribution in [0.5, 0.6) is 5.88 Å². The summed E-state index contributed by atoms with van der Waals surface area (Å²) in [4.78, 5) is 28.5. The second-order valence-corrected chi connectivity index (χ2v) is 8.62. The fraction of sp³-hybridized carbons (Fsp3) is 0.480. The zero-order chi connectivity index (χ0) is 25.4. The van der Waals surface area contributed by atoms with E-state index >= 15 is 4.39 Å². The Morgan fingerprint density at radius 2 is 2.00 bits per heavy atom. The Hall–Kier alpha value is -3.11. The molecule has 1 aliphatic heterocycles. The molecule has 1 aromatic heterocycles. The van der Waals surface area contributed by atoms with Gasteiger partial charge in [0.15, 0.2) is 0 Å². The third kappa shape index (κ3) is 7.19. The molecular weight excluding hydrogens is 458 g/mol. The average molecular weight is 491 g/mol. The number of hydrogen-bond donors (Lipinski definition) is 3. The highest BCUT2D eigenvalue weighted by Gasteiger charge is 2.32. The van der Waals surface area contributed by atoms with E-state index in [1.54, 1.807) is 32.2 Å². The van der Waals surface area contributed by atoms with Crippen molar-refractivity contribution in [1.29, 1.82) is 0 Å². The van der Waals surface area contributed by atoms with Gasteiger partial charge in [0.2, 0.25) is 17.7 Å². The average Bonchev–Trinajstić information content (AvgIpc) is 2.83. The van der Waals surface area contributed by atoms with Gasteiger partial charge in [-0.05, 0) is 18.1 Å². The van der Waals surface area contributed by atoms with E-state index in [1.807, 2.05) is 6.92 Å². The van der Waals surface area contributed by atoms with Crippen LogP contribution in [-0.4, -0.2) is 36.6 Å². The highest BCUT2D eigenvalue weighted by atomic mass is 19.1. The first-order chi connectivity index (χ1) is 16.8. The van der Waals surface area contributed by atoms with Crippen LogP contribution in [0, 0.1) is 17.6 Å². The highest BCUT2D eigenvalue weighted by molar-refractivity contribution is 5.78. The van der Waals surface area contributed by atoms with E-state index in [-0.39, 0.29) is 41.8 Å². The lowest BCUT2D eigenvalue weighted by Gasteiger charge is -2.32. The van der Waals surface area contributed by atoms with Crippen molar-refractivity contribution in [1.82, 2.24) is 20.9 Å². The molecule has 0 spiro atoms. The Balaban J connectivity index is 1.70. The van der Waals surface area contributed by atoms with Crippen LogP contribution in [0.3, 0.4) is 0 Å². The van der Waals surface area contributed by atoms with Crippen molar-refractivity contribution in [3.8, 4) is 5.88 Å². The lowest BCUT2D eigenvalue weighted by Crippen LogP contribution is -2.47. The molecule has 1 aromatic carbocycles. The van der Waals surface area contributed by atoms with Gasteiger partial charge in [0.1, 0.15) is 24.4 Å². The van der Waals surface area contributed by atoms with Crippen LogP contribution < -0.4 is 20.7 Å². The van der Waals surface area contributed by atoms with E-state index in [4.69, 9.17) is 9.47 Å². The summed E-state index contributed by atoms with van der Waals surface area (Å²) in [5.74, 6) is -2.07. The predicted octanol–water partition coefficient (Wildman–Crippen LogP) is 3.29. The molecular formula is C25H32F2N4O4. The zero-order valence-corrected chi connectivity index (χ0v) is 20.2. The first kappa shape index (κ1) is 26.5. The molecule has 10 heteroatoms. The maximum Gasteiger partial charge on any atom is 0.223 e. The maximum atomic E-state index is 15.3. The van der Waals surface area contributed by atoms with Crippen LogP contribution in [-0.2, 0) is 20.9 Å². The minimum atomic E-state index is -1.09. The smallest absolute Gasteiger partial charge is 0.223 e. The van der Waals surface area contributed by atoms with Crippen molar-refractivity contribution in [3.05, 3.63) is 58.8 Å². The Morgan fingerprint density at radius 1 is 1.20 bits per heavy atom. The van der Waals surface area contributed by atoms with Crippen LogP contribution in [0.1, 0.15) is 62.5 Å². The number of benzene rings is 1. The molecule has 0 bridgehead atoms. The molecule has 8 nitrogen and oxygen atoms in total. The zero-order valence-electron chi connectivity index (χ0n) is 20.2. The second-order valence-electron chi connectivity index (χ2n) is 8.62. The van der Waals surface area contributed by atoms with Crippen molar-refractivity contribution in [3.63, 3.8) is 0 Å². The summed E-state index contributed by atoms with van der Waals surface area (Å²) in [7, 11) is 0. The molecule has 2 atom stereocenters. The van der Waals surface area contributed by atoms with Crippen LogP contribution in [0.25, 0.3) is 0 Å². The molecule has 1 aliphatic rings. The van der Waals surface area contributed by atoms with Crippen molar-refractivity contribution < 1.29 is 27.8 Å². The third-order valence-corrected chi connectivity index (χ3v) is 5.52. The third-order valence-electron chi connectivity index (χ3n) is 5.52. The summed E-state index contributed by atoms with van der Waals surface area (Å²) in [6, 6.07) is 5.34. The van der Waals surface area contributed by atoms with Crippen molar-refractivity contribution >= 4 is 11.8 Å². The SMILES string of the molecule is CCCOCCOc1ccc(C2CC(=O)NC(c3c(F)ccc(CNC(=O)C(C)C)c3F)N2)cn1. The van der Waals surface area contributed by atoms with Crippen molar-refractivity contribution in [2.45, 2.75) is 52.4 Å². The van der Waals surface area contributed by atoms with E-state index in [0.717, 1.165) is 12.5 Å². The highest BCUT2D eigenvalue weighted by Crippen LogP contribution is 2.29. The molecule has 3 N–H and O–H groups in total. The van der Waals surface area contributed by atoms with Crippen LogP contribution in [0.2, 0.25) is 0 Å². The van der Waals surface area contributed by atoms with Crippen molar-refractivity contribution in [2.24, 2.45) is 5.92 Å². The normalized spacial score (nSPS) is 17.8. The minimum absolute atomic E-state index is 0.0800. The van der Waals surface area contributed by atoms with E-state index < -0.39 is 23.8 Å². The van der Waals surface area contributed by atoms with Crippen molar-refractivity contribution in [2.75, 3.05) is 19.8 Å². The van der Waals surface area contributed by atoms with Gasteiger partial charge in [-0.1, -0.05) is 32.9 Å². The summed E-state index contributed by atoms with van der Waals surface area (Å²) in [5.41, 5.74) is 0.500. The molecule has 1 fully saturated rings. The molecule has 2 heterocycles. The fourth-order valence-corrected chi connectivity index (χ4v) is 3.61. The number of ether oxygens (including phenoxy) is 2. The number of rotatable bonds is 11. The summed E-state index contributed by atoms with van der Waals surface area (Å²) >= 11 is 0. The molecule has 0 saturated carbocycles. The summed E-state index contributed by atoms with van der Waals surface area (Å²) in [6.45, 7) is 6.87. The number of halogens is 2. The summed E-state index contributed by atoms with van der Waals surface area (Å²) < 4.78 is 40.8. The Morgan fingerprint density at radius 3 is 2.69 bits per heavy atom. The molecule has 190 valence electrons. The Bertz CT molecular complexity index is 1020. The van der Waals surface area contributed by atoms with Gasteiger partial charge in [-0.2, -0.15) is 0 Å². The lowest BCUT2D eigenvalue weighted by atomic mass is 9.98. The predicted molar refractivity (Wildman–Crippen MR) is 125 cm³/mol. The molecule has 0 radical (unpaired) electrons. The molecule has 2 aromatic rings. The topological polar surface area (TPSA) is 102 Å². The molecule has 1 saturated heterocycles. The number of carbonyl (C=O) groups is 2. The van der Waals surface area contributed by atoms with Crippen LogP contribution in [0.4, 0.5) is 8.78 Å². The Kier molecular flexibility index (Phi) is 9.50. The summed E-state index contributed by atoms with van der Waals surface area (Å²) in [5, 5.41) is 8.32. The number of pyridine rings is 1. The molecule has 0 aliphatic carbocycles. The number of hydrogen-bond acceptors (Lipinski definition) is 6. The largest absolute Gasteiger partial charge is 0.475 e. The number of amides is 2. The summed E-state index contributed by atoms with van der Waals surface area (Å²) in [6.07, 6.45) is 1.49. The maximum absolute atomic E-state index is 15.3. The lowest BCUT2D eigenvalue weighted by molar-refractivity contribution is -0.125. The van der Waals surface area contributed by atoms with Crippen LogP contribution >= 0.6 is 0 Å². The van der Waals surface area contributed by atoms with Gasteiger partial charge >= 0.3 is 0 Å². The molecule has 2 unspecified atom stereocenters. The van der Waals surface area contributed by atoms with Gasteiger partial charge in [0.05, 0.1) is 12.2 Å². The van der Waals surface area contributed by atoms with E-state index in [1.165, 1.54) is 6.07 Å². The first-order valence-electron chi connectivity index (χ1n) is 11.8. The van der Waals surface area contributed by atoms with Gasteiger partial charge in [0.25, 0.3) is 0 Å². The van der Waals surface area contributed by atoms with Gasteiger partial charge < -0.3 is 20.1 Å². The Labute approximate surface area is 203 Å². The van der Waals surface area contributed by atoms with Gasteiger partial charge in [0, 0.05) is 49.4 Å². The van der Waals surface area contributed by atoms with E-state index in [2.05, 4.69) is 20.9 Å². The monoisotopic (exact) mass is 490 g/mol. The van der Waals surface area contributed by atoms with Gasteiger partial charge in [-0.15, -0.1) is 0 Å². The quantitative estimate of drug-likeness (QED) is 0.418. The standard InChI is InChI=1S/C25H32F2N4O4/c1-4-9-34-10-11-35-21-8-6-16(13-28-21)19-12-20(32)31-24(30-19)22-18(26)7-5-17(23(22)27)14-29-25(33)15(2)3/h5-8,13,15,19,24,30H,4,9-12,14H2,1-3H3,(H,29,33)(H,31,32). The number of nitrogens with zero attached hydrogens (tertiary/aromatic N) is 1. The van der Waals surface area contributed by atoms with E-state index in [0.29, 0.717) is 31.3 Å². The number of aromatic nitrogens is 1. The van der Waals surface area contributed by atoms with Gasteiger partial charge in [-0.3, -0.25) is 14.9 Å². The fourth-order valence-electron chi connectivity index (χ4n) is 3.61. The second kappa shape index (κ2) is 12.6. The van der Waals surface area contributed by atoms with E-state index in [9.17, 15) is 14.0 Å². The minimum Gasteiger partial charge on any atom is -0.475 e. The van der Waals surface area contributed by atoms with Crippen LogP contribution in [0.15, 0.2) is 30.5 Å². The molecule has 35 heavy (non-hydrogen) atoms. The first-order valence-corrected chi connectivity index (χ1v) is 11.8. The number of carbonyl (C=O) groups excluding carboxylic acids is 2.